The largest absolute Gasteiger partial charge is 0.310 e. The summed E-state index contributed by atoms with van der Waals surface area (Å²) in [6.07, 6.45) is 0. The van der Waals surface area contributed by atoms with Crippen LogP contribution in [0.2, 0.25) is 0 Å². The van der Waals surface area contributed by atoms with Crippen LogP contribution in [0.25, 0.3) is 54.2 Å². The molecule has 45 heavy (non-hydrogen) atoms. The Morgan fingerprint density at radius 1 is 0.422 bits per heavy atom. The first-order valence-corrected chi connectivity index (χ1v) is 15.5. The molecule has 8 aromatic carbocycles. The molecule has 0 spiro atoms. The molecule has 9 rings (SSSR count). The second-order valence-electron chi connectivity index (χ2n) is 12.8. The highest BCUT2D eigenvalue weighted by Gasteiger charge is 2.38. The van der Waals surface area contributed by atoms with Gasteiger partial charge in [0.25, 0.3) is 0 Å². The first-order chi connectivity index (χ1) is 22.0. The summed E-state index contributed by atoms with van der Waals surface area (Å²) in [6, 6.07) is 51.3. The minimum atomic E-state index is -0.237. The molecule has 214 valence electrons. The molecule has 0 radical (unpaired) electrons. The van der Waals surface area contributed by atoms with Crippen LogP contribution in [0, 0.1) is 5.82 Å². The maximum absolute atomic E-state index is 14.2. The highest BCUT2D eigenvalue weighted by molar-refractivity contribution is 6.04. The lowest BCUT2D eigenvalue weighted by Gasteiger charge is -2.28. The SMILES string of the molecule is CC1(C)c2c(ccc3cc(F)ccc23)-c2ccc3cc(N(c4ccc5ccccc5c4)c4ccc5ccccc5c4)ccc3c21. The van der Waals surface area contributed by atoms with Crippen molar-refractivity contribution in [2.75, 3.05) is 4.90 Å². The molecule has 1 aliphatic rings. The third-order valence-corrected chi connectivity index (χ3v) is 9.77. The molecule has 0 N–H and O–H groups in total. The van der Waals surface area contributed by atoms with E-state index in [1.807, 2.05) is 6.07 Å². The van der Waals surface area contributed by atoms with Gasteiger partial charge >= 0.3 is 0 Å². The normalized spacial score (nSPS) is 13.4. The van der Waals surface area contributed by atoms with Gasteiger partial charge in [0.05, 0.1) is 0 Å². The van der Waals surface area contributed by atoms with Crippen LogP contribution in [0.1, 0.15) is 25.0 Å². The van der Waals surface area contributed by atoms with Gasteiger partial charge in [0.2, 0.25) is 0 Å². The van der Waals surface area contributed by atoms with Crippen molar-refractivity contribution < 1.29 is 4.39 Å². The summed E-state index contributed by atoms with van der Waals surface area (Å²) in [7, 11) is 0. The smallest absolute Gasteiger partial charge is 0.123 e. The Kier molecular flexibility index (Phi) is 5.49. The lowest BCUT2D eigenvalue weighted by atomic mass is 9.78. The highest BCUT2D eigenvalue weighted by Crippen LogP contribution is 2.54. The Morgan fingerprint density at radius 2 is 0.844 bits per heavy atom. The summed E-state index contributed by atoms with van der Waals surface area (Å²) < 4.78 is 14.2. The zero-order chi connectivity index (χ0) is 30.3. The van der Waals surface area contributed by atoms with Gasteiger partial charge in [-0.2, -0.15) is 0 Å². The molecule has 0 heterocycles. The predicted molar refractivity (Wildman–Crippen MR) is 189 cm³/mol. The van der Waals surface area contributed by atoms with E-state index < -0.39 is 0 Å². The van der Waals surface area contributed by atoms with Crippen LogP contribution in [-0.4, -0.2) is 0 Å². The summed E-state index contributed by atoms with van der Waals surface area (Å²) >= 11 is 0. The Balaban J connectivity index is 1.24. The lowest BCUT2D eigenvalue weighted by molar-refractivity contribution is 0.629. The highest BCUT2D eigenvalue weighted by atomic mass is 19.1. The molecule has 0 aromatic heterocycles. The number of anilines is 3. The van der Waals surface area contributed by atoms with Gasteiger partial charge in [-0.3, -0.25) is 0 Å². The Hall–Kier alpha value is -5.47. The van der Waals surface area contributed by atoms with Crippen molar-refractivity contribution in [1.82, 2.24) is 0 Å². The second-order valence-corrected chi connectivity index (χ2v) is 12.8. The van der Waals surface area contributed by atoms with Crippen molar-refractivity contribution in [3.05, 3.63) is 163 Å². The summed E-state index contributed by atoms with van der Waals surface area (Å²) in [5.74, 6) is -0.198. The van der Waals surface area contributed by atoms with Crippen molar-refractivity contribution in [2.24, 2.45) is 0 Å². The maximum atomic E-state index is 14.2. The van der Waals surface area contributed by atoms with E-state index in [0.717, 1.165) is 27.8 Å². The molecule has 0 atom stereocenters. The van der Waals surface area contributed by atoms with Gasteiger partial charge in [-0.05, 0) is 114 Å². The first kappa shape index (κ1) is 26.0. The van der Waals surface area contributed by atoms with Gasteiger partial charge in [-0.1, -0.05) is 111 Å². The number of nitrogens with zero attached hydrogens (tertiary/aromatic N) is 1. The van der Waals surface area contributed by atoms with Crippen LogP contribution < -0.4 is 4.90 Å². The standard InChI is InChI=1S/C43H30FN/c1-43(2)41-37-21-15-33(44)23-31(37)13-19-39(41)40-20-14-32-26-36(18-22-38(32)42(40)43)45(34-16-11-27-7-3-5-9-29(27)24-34)35-17-12-28-8-4-6-10-30(28)25-35/h3-26H,1-2H3. The van der Waals surface area contributed by atoms with Crippen LogP contribution in [0.5, 0.6) is 0 Å². The molecule has 0 amide bonds. The number of hydrogen-bond donors (Lipinski definition) is 0. The summed E-state index contributed by atoms with van der Waals surface area (Å²) in [5.41, 5.74) is 8.24. The first-order valence-electron chi connectivity index (χ1n) is 15.5. The van der Waals surface area contributed by atoms with Gasteiger partial charge in [-0.15, -0.1) is 0 Å². The molecule has 2 heteroatoms. The number of fused-ring (bicyclic) bond motifs is 9. The third-order valence-electron chi connectivity index (χ3n) is 9.77. The number of benzene rings is 8. The van der Waals surface area contributed by atoms with Crippen LogP contribution in [-0.2, 0) is 5.41 Å². The van der Waals surface area contributed by atoms with E-state index in [1.54, 1.807) is 12.1 Å². The predicted octanol–water partition coefficient (Wildman–Crippen LogP) is 12.2. The molecule has 0 bridgehead atoms. The maximum Gasteiger partial charge on any atom is 0.123 e. The molecule has 8 aromatic rings. The van der Waals surface area contributed by atoms with E-state index in [9.17, 15) is 4.39 Å². The summed E-state index contributed by atoms with van der Waals surface area (Å²) in [6.45, 7) is 4.62. The van der Waals surface area contributed by atoms with Crippen molar-refractivity contribution in [1.29, 1.82) is 0 Å². The Morgan fingerprint density at radius 3 is 1.40 bits per heavy atom. The third kappa shape index (κ3) is 3.92. The molecule has 1 aliphatic carbocycles. The van der Waals surface area contributed by atoms with Crippen molar-refractivity contribution in [3.8, 4) is 11.1 Å². The molecular weight excluding hydrogens is 549 g/mol. The average molecular weight is 580 g/mol. The zero-order valence-corrected chi connectivity index (χ0v) is 25.2. The molecule has 0 fully saturated rings. The zero-order valence-electron chi connectivity index (χ0n) is 25.2. The Bertz CT molecular complexity index is 2410. The van der Waals surface area contributed by atoms with Gasteiger partial charge in [-0.25, -0.2) is 4.39 Å². The minimum Gasteiger partial charge on any atom is -0.310 e. The monoisotopic (exact) mass is 579 g/mol. The van der Waals surface area contributed by atoms with Crippen LogP contribution in [0.3, 0.4) is 0 Å². The quantitative estimate of drug-likeness (QED) is 0.201. The Labute approximate surface area is 261 Å². The van der Waals surface area contributed by atoms with Gasteiger partial charge < -0.3 is 4.90 Å². The molecule has 0 saturated carbocycles. The number of hydrogen-bond acceptors (Lipinski definition) is 1. The van der Waals surface area contributed by atoms with E-state index in [0.29, 0.717) is 0 Å². The summed E-state index contributed by atoms with van der Waals surface area (Å²) in [4.78, 5) is 2.37. The molecule has 1 nitrogen and oxygen atoms in total. The van der Waals surface area contributed by atoms with E-state index >= 15 is 0 Å². The van der Waals surface area contributed by atoms with Crippen molar-refractivity contribution >= 4 is 60.2 Å². The lowest BCUT2D eigenvalue weighted by Crippen LogP contribution is -2.16. The molecule has 0 aliphatic heterocycles. The van der Waals surface area contributed by atoms with Gasteiger partial charge in [0.15, 0.2) is 0 Å². The van der Waals surface area contributed by atoms with Gasteiger partial charge in [0.1, 0.15) is 5.82 Å². The second kappa shape index (κ2) is 9.51. The average Bonchev–Trinajstić information content (AvgIpc) is 3.31. The van der Waals surface area contributed by atoms with Crippen LogP contribution in [0.15, 0.2) is 146 Å². The molecule has 0 saturated heterocycles. The fourth-order valence-electron chi connectivity index (χ4n) is 7.76. The van der Waals surface area contributed by atoms with Gasteiger partial charge in [0, 0.05) is 22.5 Å². The fraction of sp³-hybridized carbons (Fsp3) is 0.0698. The van der Waals surface area contributed by atoms with Crippen molar-refractivity contribution in [3.63, 3.8) is 0 Å². The minimum absolute atomic E-state index is 0.198. The van der Waals surface area contributed by atoms with Crippen LogP contribution >= 0.6 is 0 Å². The van der Waals surface area contributed by atoms with E-state index in [-0.39, 0.29) is 11.2 Å². The van der Waals surface area contributed by atoms with Crippen molar-refractivity contribution in [2.45, 2.75) is 19.3 Å². The van der Waals surface area contributed by atoms with E-state index in [2.05, 4.69) is 146 Å². The summed E-state index contributed by atoms with van der Waals surface area (Å²) in [5, 5.41) is 9.41. The molecule has 0 unspecified atom stereocenters. The number of rotatable bonds is 3. The topological polar surface area (TPSA) is 3.24 Å². The van der Waals surface area contributed by atoms with E-state index in [4.69, 9.17) is 0 Å². The van der Waals surface area contributed by atoms with Crippen LogP contribution in [0.4, 0.5) is 21.5 Å². The van der Waals surface area contributed by atoms with E-state index in [1.165, 1.54) is 54.6 Å². The fourth-order valence-corrected chi connectivity index (χ4v) is 7.76. The molecular formula is C43H30FN. The number of halogens is 1.